The predicted molar refractivity (Wildman–Crippen MR) is 114 cm³/mol. The highest BCUT2D eigenvalue weighted by Crippen LogP contribution is 2.30. The molecule has 27 heavy (non-hydrogen) atoms. The number of fused-ring (bicyclic) bond motifs is 3. The second kappa shape index (κ2) is 6.89. The first-order chi connectivity index (χ1) is 13.0. The van der Waals surface area contributed by atoms with E-state index in [2.05, 4.69) is 38.7 Å². The highest BCUT2D eigenvalue weighted by molar-refractivity contribution is 7.99. The molecule has 1 atom stereocenters. The number of hydrogen-bond donors (Lipinski definition) is 1. The first kappa shape index (κ1) is 17.9. The second-order valence-electron chi connectivity index (χ2n) is 6.98. The Morgan fingerprint density at radius 1 is 1.15 bits per heavy atom. The van der Waals surface area contributed by atoms with Gasteiger partial charge < -0.3 is 4.98 Å². The van der Waals surface area contributed by atoms with E-state index in [1.54, 1.807) is 16.3 Å². The summed E-state index contributed by atoms with van der Waals surface area (Å²) in [7, 11) is 0. The number of nitrogens with one attached hydrogen (secondary N) is 1. The lowest BCUT2D eigenvalue weighted by atomic mass is 10.1. The van der Waals surface area contributed by atoms with Crippen LogP contribution in [-0.4, -0.2) is 19.8 Å². The number of hydrogen-bond acceptors (Lipinski definition) is 3. The summed E-state index contributed by atoms with van der Waals surface area (Å²) in [6.07, 6.45) is 1.01. The van der Waals surface area contributed by atoms with E-state index in [4.69, 9.17) is 4.98 Å². The van der Waals surface area contributed by atoms with Crippen LogP contribution in [0.1, 0.15) is 31.4 Å². The monoisotopic (exact) mass is 377 g/mol. The standard InChI is InChI=1S/C22H23N3OS/c1-5-14(3)27-22-24-19-16-10-6-7-11-17(16)23-20(19)21(26)25(22)18-12-8-9-13(2)15(18)4/h6-12,14,23H,5H2,1-4H3. The molecule has 4 aromatic rings. The summed E-state index contributed by atoms with van der Waals surface area (Å²) in [6.45, 7) is 8.45. The summed E-state index contributed by atoms with van der Waals surface area (Å²) in [5.41, 5.74) is 5.37. The van der Waals surface area contributed by atoms with Gasteiger partial charge in [-0.25, -0.2) is 4.98 Å². The van der Waals surface area contributed by atoms with Crippen LogP contribution in [0.25, 0.3) is 27.6 Å². The Morgan fingerprint density at radius 3 is 2.70 bits per heavy atom. The first-order valence-corrected chi connectivity index (χ1v) is 10.2. The molecule has 4 rings (SSSR count). The molecule has 0 saturated heterocycles. The van der Waals surface area contributed by atoms with Gasteiger partial charge in [-0.15, -0.1) is 0 Å². The van der Waals surface area contributed by atoms with Crippen molar-refractivity contribution in [3.8, 4) is 5.69 Å². The van der Waals surface area contributed by atoms with Crippen LogP contribution in [-0.2, 0) is 0 Å². The van der Waals surface area contributed by atoms with Crippen molar-refractivity contribution in [1.29, 1.82) is 0 Å². The number of aromatic amines is 1. The fraction of sp³-hybridized carbons (Fsp3) is 0.273. The molecule has 2 heterocycles. The molecule has 0 bridgehead atoms. The minimum Gasteiger partial charge on any atom is -0.349 e. The summed E-state index contributed by atoms with van der Waals surface area (Å²) < 4.78 is 1.77. The Bertz CT molecular complexity index is 1210. The van der Waals surface area contributed by atoms with E-state index in [0.29, 0.717) is 10.8 Å². The van der Waals surface area contributed by atoms with Crippen LogP contribution >= 0.6 is 11.8 Å². The van der Waals surface area contributed by atoms with Crippen LogP contribution < -0.4 is 5.56 Å². The third-order valence-corrected chi connectivity index (χ3v) is 6.41. The van der Waals surface area contributed by atoms with Crippen LogP contribution in [0.15, 0.2) is 52.4 Å². The van der Waals surface area contributed by atoms with E-state index < -0.39 is 0 Å². The molecule has 0 amide bonds. The lowest BCUT2D eigenvalue weighted by Gasteiger charge is -2.17. The number of rotatable bonds is 4. The zero-order valence-electron chi connectivity index (χ0n) is 16.0. The van der Waals surface area contributed by atoms with Gasteiger partial charge in [0.25, 0.3) is 5.56 Å². The molecular weight excluding hydrogens is 354 g/mol. The first-order valence-electron chi connectivity index (χ1n) is 9.28. The minimum absolute atomic E-state index is 0.0456. The molecule has 4 nitrogen and oxygen atoms in total. The highest BCUT2D eigenvalue weighted by atomic mass is 32.2. The maximum atomic E-state index is 13.5. The van der Waals surface area contributed by atoms with Crippen molar-refractivity contribution in [3.05, 3.63) is 63.9 Å². The average Bonchev–Trinajstić information content (AvgIpc) is 3.04. The molecule has 0 spiro atoms. The molecule has 138 valence electrons. The Kier molecular flexibility index (Phi) is 4.56. The summed E-state index contributed by atoms with van der Waals surface area (Å²) >= 11 is 1.66. The quantitative estimate of drug-likeness (QED) is 0.384. The van der Waals surface area contributed by atoms with Crippen LogP contribution in [0.4, 0.5) is 0 Å². The number of aromatic nitrogens is 3. The lowest BCUT2D eigenvalue weighted by molar-refractivity contribution is 0.800. The van der Waals surface area contributed by atoms with Crippen molar-refractivity contribution in [3.63, 3.8) is 0 Å². The summed E-state index contributed by atoms with van der Waals surface area (Å²) in [6, 6.07) is 14.0. The van der Waals surface area contributed by atoms with Gasteiger partial charge in [0.1, 0.15) is 11.0 Å². The van der Waals surface area contributed by atoms with Crippen molar-refractivity contribution in [2.75, 3.05) is 0 Å². The normalized spacial score (nSPS) is 12.7. The van der Waals surface area contributed by atoms with E-state index in [0.717, 1.165) is 44.8 Å². The van der Waals surface area contributed by atoms with Gasteiger partial charge in [-0.1, -0.05) is 55.9 Å². The van der Waals surface area contributed by atoms with Crippen LogP contribution in [0, 0.1) is 13.8 Å². The van der Waals surface area contributed by atoms with Crippen molar-refractivity contribution in [2.45, 2.75) is 44.5 Å². The van der Waals surface area contributed by atoms with Crippen LogP contribution in [0.2, 0.25) is 0 Å². The Labute approximate surface area is 162 Å². The van der Waals surface area contributed by atoms with Gasteiger partial charge >= 0.3 is 0 Å². The molecule has 5 heteroatoms. The maximum absolute atomic E-state index is 13.5. The Balaban J connectivity index is 2.10. The van der Waals surface area contributed by atoms with E-state index in [1.807, 2.05) is 36.4 Å². The number of thioether (sulfide) groups is 1. The van der Waals surface area contributed by atoms with Crippen molar-refractivity contribution in [2.24, 2.45) is 0 Å². The van der Waals surface area contributed by atoms with E-state index >= 15 is 0 Å². The van der Waals surface area contributed by atoms with Crippen molar-refractivity contribution >= 4 is 33.7 Å². The van der Waals surface area contributed by atoms with E-state index in [9.17, 15) is 4.79 Å². The zero-order valence-corrected chi connectivity index (χ0v) is 16.9. The summed E-state index contributed by atoms with van der Waals surface area (Å²) in [5.74, 6) is 0. The van der Waals surface area contributed by atoms with Gasteiger partial charge in [0, 0.05) is 16.2 Å². The minimum atomic E-state index is -0.0456. The maximum Gasteiger partial charge on any atom is 0.283 e. The fourth-order valence-electron chi connectivity index (χ4n) is 3.27. The number of H-pyrrole nitrogens is 1. The molecule has 1 unspecified atom stereocenters. The third-order valence-electron chi connectivity index (χ3n) is 5.19. The largest absolute Gasteiger partial charge is 0.349 e. The van der Waals surface area contributed by atoms with E-state index in [-0.39, 0.29) is 5.56 Å². The van der Waals surface area contributed by atoms with E-state index in [1.165, 1.54) is 0 Å². The molecule has 2 aromatic heterocycles. The van der Waals surface area contributed by atoms with Crippen LogP contribution in [0.3, 0.4) is 0 Å². The fourth-order valence-corrected chi connectivity index (χ4v) is 4.23. The SMILES string of the molecule is CCC(C)Sc1nc2c([nH]c3ccccc32)c(=O)n1-c1cccc(C)c1C. The molecule has 0 aliphatic rings. The van der Waals surface area contributed by atoms with Gasteiger partial charge in [-0.3, -0.25) is 9.36 Å². The van der Waals surface area contributed by atoms with Crippen molar-refractivity contribution < 1.29 is 0 Å². The number of nitrogens with zero attached hydrogens (tertiary/aromatic N) is 2. The second-order valence-corrected chi connectivity index (χ2v) is 8.39. The number of para-hydroxylation sites is 1. The third kappa shape index (κ3) is 2.96. The molecular formula is C22H23N3OS. The van der Waals surface area contributed by atoms with Crippen molar-refractivity contribution in [1.82, 2.24) is 14.5 Å². The van der Waals surface area contributed by atoms with Gasteiger partial charge in [0.05, 0.1) is 5.69 Å². The average molecular weight is 378 g/mol. The van der Waals surface area contributed by atoms with Crippen LogP contribution in [0.5, 0.6) is 0 Å². The summed E-state index contributed by atoms with van der Waals surface area (Å²) in [4.78, 5) is 21.8. The predicted octanol–water partition coefficient (Wildman–Crippen LogP) is 5.37. The van der Waals surface area contributed by atoms with Gasteiger partial charge in [-0.2, -0.15) is 0 Å². The molecule has 0 aliphatic heterocycles. The highest BCUT2D eigenvalue weighted by Gasteiger charge is 2.19. The van der Waals surface area contributed by atoms with Gasteiger partial charge in [0.15, 0.2) is 5.16 Å². The molecule has 1 N–H and O–H groups in total. The molecule has 0 saturated carbocycles. The molecule has 0 radical (unpaired) electrons. The summed E-state index contributed by atoms with van der Waals surface area (Å²) in [5, 5.41) is 2.11. The molecule has 2 aromatic carbocycles. The number of aryl methyl sites for hydroxylation is 1. The lowest BCUT2D eigenvalue weighted by Crippen LogP contribution is -2.23. The van der Waals surface area contributed by atoms with Gasteiger partial charge in [0.2, 0.25) is 0 Å². The van der Waals surface area contributed by atoms with Gasteiger partial charge in [-0.05, 0) is 43.5 Å². The molecule has 0 aliphatic carbocycles. The topological polar surface area (TPSA) is 50.7 Å². The Morgan fingerprint density at radius 2 is 1.93 bits per heavy atom. The number of benzene rings is 2. The smallest absolute Gasteiger partial charge is 0.283 e. The molecule has 0 fully saturated rings. The Hall–Kier alpha value is -2.53. The zero-order chi connectivity index (χ0) is 19.1.